The maximum Gasteiger partial charge on any atom is 0.303 e. The minimum atomic E-state index is -0.754. The maximum absolute atomic E-state index is 10.5. The van der Waals surface area contributed by atoms with E-state index in [0.717, 1.165) is 19.3 Å². The lowest BCUT2D eigenvalue weighted by Gasteiger charge is -2.14. The molecule has 0 atom stereocenters. The molecule has 0 unspecified atom stereocenters. The van der Waals surface area contributed by atoms with Gasteiger partial charge in [0.05, 0.1) is 18.7 Å². The van der Waals surface area contributed by atoms with Gasteiger partial charge in [-0.3, -0.25) is 4.79 Å². The zero-order chi connectivity index (χ0) is 18.8. The number of nitrogens with zero attached hydrogens (tertiary/aromatic N) is 2. The summed E-state index contributed by atoms with van der Waals surface area (Å²) in [5, 5.41) is 9.68. The monoisotopic (exact) mass is 382 g/mol. The first-order chi connectivity index (χ1) is 12.6. The van der Waals surface area contributed by atoms with Crippen molar-refractivity contribution in [2.45, 2.75) is 32.1 Å². The van der Waals surface area contributed by atoms with Gasteiger partial charge in [-0.1, -0.05) is 24.4 Å². The Morgan fingerprint density at radius 2 is 1.77 bits per heavy atom. The third-order valence-corrected chi connectivity index (χ3v) is 4.04. The Bertz CT molecular complexity index is 726. The van der Waals surface area contributed by atoms with Crippen molar-refractivity contribution in [2.24, 2.45) is 0 Å². The fourth-order valence-electron chi connectivity index (χ4n) is 2.41. The van der Waals surface area contributed by atoms with Gasteiger partial charge in [0.1, 0.15) is 18.1 Å². The summed E-state index contributed by atoms with van der Waals surface area (Å²) in [6.45, 7) is 1.36. The van der Waals surface area contributed by atoms with E-state index in [9.17, 15) is 4.79 Å². The smallest absolute Gasteiger partial charge is 0.303 e. The van der Waals surface area contributed by atoms with Crippen LogP contribution in [0.4, 0.5) is 0 Å². The molecule has 1 aromatic carbocycles. The molecular weight excluding hydrogens is 360 g/mol. The number of benzene rings is 1. The molecule has 0 aliphatic carbocycles. The fourth-order valence-corrected chi connectivity index (χ4v) is 2.60. The average molecular weight is 383 g/mol. The number of aliphatic carboxylic acids is 1. The van der Waals surface area contributed by atoms with Crippen LogP contribution >= 0.6 is 11.6 Å². The minimum absolute atomic E-state index is 0.212. The third-order valence-electron chi connectivity index (χ3n) is 3.74. The zero-order valence-electron chi connectivity index (χ0n) is 14.7. The molecule has 1 heterocycles. The molecule has 0 saturated heterocycles. The number of aromatic nitrogens is 2. The number of methoxy groups -OCH3 is 1. The molecule has 0 aliphatic heterocycles. The molecule has 0 fully saturated rings. The number of unbranched alkanes of at least 4 members (excludes halogenated alkanes) is 3. The standard InChI is InChI=1S/C18H23ClN2O5/c1-24-8-9-26-15-10-13-14(20-12-21-18(13)19)11-16(15)25-7-5-3-2-4-6-17(22)23/h10-12H,2-9H2,1H3,(H,22,23). The Balaban J connectivity index is 1.97. The van der Waals surface area contributed by atoms with Crippen LogP contribution in [0.3, 0.4) is 0 Å². The molecule has 0 saturated carbocycles. The average Bonchev–Trinajstić information content (AvgIpc) is 2.61. The van der Waals surface area contributed by atoms with E-state index >= 15 is 0 Å². The molecule has 142 valence electrons. The Morgan fingerprint density at radius 1 is 1.04 bits per heavy atom. The third kappa shape index (κ3) is 6.31. The van der Waals surface area contributed by atoms with Gasteiger partial charge >= 0.3 is 5.97 Å². The van der Waals surface area contributed by atoms with E-state index in [0.29, 0.717) is 53.8 Å². The number of rotatable bonds is 12. The molecule has 1 N–H and O–H groups in total. The second kappa shape index (κ2) is 10.8. The Hall–Kier alpha value is -2.12. The number of fused-ring (bicyclic) bond motifs is 1. The number of hydrogen-bond acceptors (Lipinski definition) is 6. The van der Waals surface area contributed by atoms with Gasteiger partial charge in [0.25, 0.3) is 0 Å². The summed E-state index contributed by atoms with van der Waals surface area (Å²) >= 11 is 6.13. The topological polar surface area (TPSA) is 90.8 Å². The second-order valence-corrected chi connectivity index (χ2v) is 6.09. The summed E-state index contributed by atoms with van der Waals surface area (Å²) in [5.74, 6) is 0.405. The highest BCUT2D eigenvalue weighted by Crippen LogP contribution is 2.34. The summed E-state index contributed by atoms with van der Waals surface area (Å²) in [7, 11) is 1.61. The molecular formula is C18H23ClN2O5. The molecule has 0 bridgehead atoms. The van der Waals surface area contributed by atoms with Crippen LogP contribution in [0.1, 0.15) is 32.1 Å². The summed E-state index contributed by atoms with van der Waals surface area (Å²) in [6, 6.07) is 3.56. The summed E-state index contributed by atoms with van der Waals surface area (Å²) in [5.41, 5.74) is 0.681. The van der Waals surface area contributed by atoms with Gasteiger partial charge < -0.3 is 19.3 Å². The lowest BCUT2D eigenvalue weighted by atomic mass is 10.1. The van der Waals surface area contributed by atoms with Crippen molar-refractivity contribution in [1.29, 1.82) is 0 Å². The van der Waals surface area contributed by atoms with Gasteiger partial charge in [0.2, 0.25) is 0 Å². The van der Waals surface area contributed by atoms with Gasteiger partial charge in [0.15, 0.2) is 11.5 Å². The van der Waals surface area contributed by atoms with E-state index in [2.05, 4.69) is 9.97 Å². The van der Waals surface area contributed by atoms with Crippen LogP contribution in [-0.4, -0.2) is 48.0 Å². The first kappa shape index (κ1) is 20.2. The van der Waals surface area contributed by atoms with Crippen LogP contribution < -0.4 is 9.47 Å². The van der Waals surface area contributed by atoms with Gasteiger partial charge in [-0.2, -0.15) is 0 Å². The van der Waals surface area contributed by atoms with Gasteiger partial charge in [-0.15, -0.1) is 0 Å². The molecule has 7 nitrogen and oxygen atoms in total. The van der Waals surface area contributed by atoms with E-state index in [1.54, 1.807) is 19.2 Å². The minimum Gasteiger partial charge on any atom is -0.490 e. The van der Waals surface area contributed by atoms with Gasteiger partial charge in [-0.25, -0.2) is 9.97 Å². The van der Waals surface area contributed by atoms with Crippen LogP contribution in [0.5, 0.6) is 11.5 Å². The molecule has 0 spiro atoms. The van der Waals surface area contributed by atoms with E-state index in [1.165, 1.54) is 6.33 Å². The summed E-state index contributed by atoms with van der Waals surface area (Å²) < 4.78 is 16.6. The number of ether oxygens (including phenoxy) is 3. The lowest BCUT2D eigenvalue weighted by Crippen LogP contribution is -2.07. The number of halogens is 1. The molecule has 2 aromatic rings. The highest BCUT2D eigenvalue weighted by molar-refractivity contribution is 6.34. The first-order valence-corrected chi connectivity index (χ1v) is 8.90. The van der Waals surface area contributed by atoms with Crippen molar-refractivity contribution < 1.29 is 24.1 Å². The van der Waals surface area contributed by atoms with Crippen molar-refractivity contribution in [2.75, 3.05) is 26.9 Å². The number of carbonyl (C=O) groups is 1. The molecule has 0 aliphatic rings. The molecule has 0 amide bonds. The Kier molecular flexibility index (Phi) is 8.37. The molecule has 1 aromatic heterocycles. The second-order valence-electron chi connectivity index (χ2n) is 5.73. The van der Waals surface area contributed by atoms with E-state index in [-0.39, 0.29) is 6.42 Å². The maximum atomic E-state index is 10.5. The van der Waals surface area contributed by atoms with Crippen molar-refractivity contribution in [1.82, 2.24) is 9.97 Å². The van der Waals surface area contributed by atoms with Crippen molar-refractivity contribution in [3.05, 3.63) is 23.6 Å². The van der Waals surface area contributed by atoms with Crippen LogP contribution in [0.25, 0.3) is 10.9 Å². The van der Waals surface area contributed by atoms with E-state index in [1.807, 2.05) is 0 Å². The quantitative estimate of drug-likeness (QED) is 0.441. The first-order valence-electron chi connectivity index (χ1n) is 8.52. The SMILES string of the molecule is COCCOc1cc2c(Cl)ncnc2cc1OCCCCCCC(=O)O. The number of carboxylic acids is 1. The van der Waals surface area contributed by atoms with Crippen LogP contribution in [0.15, 0.2) is 18.5 Å². The van der Waals surface area contributed by atoms with Crippen molar-refractivity contribution in [3.8, 4) is 11.5 Å². The fraction of sp³-hybridized carbons (Fsp3) is 0.500. The van der Waals surface area contributed by atoms with Gasteiger partial charge in [-0.05, 0) is 18.9 Å². The number of hydrogen-bond donors (Lipinski definition) is 1. The van der Waals surface area contributed by atoms with Crippen LogP contribution in [0, 0.1) is 0 Å². The predicted molar refractivity (Wildman–Crippen MR) is 98.1 cm³/mol. The molecule has 2 rings (SSSR count). The Labute approximate surface area is 157 Å². The highest BCUT2D eigenvalue weighted by Gasteiger charge is 2.11. The molecule has 8 heteroatoms. The van der Waals surface area contributed by atoms with E-state index < -0.39 is 5.97 Å². The largest absolute Gasteiger partial charge is 0.490 e. The van der Waals surface area contributed by atoms with Crippen molar-refractivity contribution in [3.63, 3.8) is 0 Å². The van der Waals surface area contributed by atoms with Gasteiger partial charge in [0, 0.05) is 25.0 Å². The highest BCUT2D eigenvalue weighted by atomic mass is 35.5. The normalized spacial score (nSPS) is 10.8. The van der Waals surface area contributed by atoms with Crippen molar-refractivity contribution >= 4 is 28.5 Å². The van der Waals surface area contributed by atoms with Crippen LogP contribution in [-0.2, 0) is 9.53 Å². The Morgan fingerprint density at radius 3 is 2.54 bits per heavy atom. The van der Waals surface area contributed by atoms with E-state index in [4.69, 9.17) is 30.9 Å². The number of carboxylic acid groups (broad SMARTS) is 1. The zero-order valence-corrected chi connectivity index (χ0v) is 15.5. The predicted octanol–water partition coefficient (Wildman–Crippen LogP) is 3.72. The lowest BCUT2D eigenvalue weighted by molar-refractivity contribution is -0.137. The van der Waals surface area contributed by atoms with Crippen LogP contribution in [0.2, 0.25) is 5.15 Å². The molecule has 0 radical (unpaired) electrons. The summed E-state index contributed by atoms with van der Waals surface area (Å²) in [6.07, 6.45) is 4.92. The molecule has 26 heavy (non-hydrogen) atoms. The summed E-state index contributed by atoms with van der Waals surface area (Å²) in [4.78, 5) is 18.7.